The molecule has 0 heterocycles. The summed E-state index contributed by atoms with van der Waals surface area (Å²) in [5, 5.41) is 62.3. The van der Waals surface area contributed by atoms with Gasteiger partial charge in [-0.05, 0) is 53.8 Å². The standard InChI is InChI=1S/C24H26O9.C22H20N2O13.C16H22O4.C10H14O9.C4H10O3/c25-21(15-23(27)32-17-19-7-3-1-4-8-19)30-13-11-29-12-14-31-22(26)16-24(28)33-18-20-9-5-2-6-10-20;25-19(13-21(27)36-17-5-1-15(2-6-17)23(29)30)34-11-9-33-10-12-35-20(26)14-22(28)37-18-7-3-16(4-8-18)24(31)32;17-15(18)11-7-2-1-3-8-12-16(19)20-13-14-9-5-4-6-10-14;11-7(12)5-9(15)18-3-1-17-2-4-19-10(16)6-8(13)14;5-1-3-7-4-2-6/h1-10H,11-18H2;1-8H,9-14H2;4-6,9-10H,1-3,7-8,11-13H2,(H,17,18);1-6H2,(H,11,12)(H,13,14);5-6H,1-4H2. The van der Waals surface area contributed by atoms with Gasteiger partial charge in [-0.3, -0.25) is 87.4 Å². The number of nitro groups is 2. The average molecular weight is 1640 g/mol. The summed E-state index contributed by atoms with van der Waals surface area (Å²) in [5.41, 5.74) is 2.26. The molecule has 0 fully saturated rings. The predicted octanol–water partition coefficient (Wildman–Crippen LogP) is 5.83. The van der Waals surface area contributed by atoms with Crippen molar-refractivity contribution in [2.75, 3.05) is 106 Å². The molecule has 0 bridgehead atoms. The molecule has 5 N–H and O–H groups in total. The number of hydrogen-bond acceptors (Lipinski definition) is 35. The van der Waals surface area contributed by atoms with Crippen LogP contribution in [0.4, 0.5) is 11.4 Å². The van der Waals surface area contributed by atoms with Crippen molar-refractivity contribution in [2.24, 2.45) is 0 Å². The summed E-state index contributed by atoms with van der Waals surface area (Å²) in [7, 11) is 0. The fourth-order valence-corrected chi connectivity index (χ4v) is 7.92. The Hall–Kier alpha value is -12.8. The van der Waals surface area contributed by atoms with Crippen molar-refractivity contribution in [1.29, 1.82) is 0 Å². The van der Waals surface area contributed by atoms with E-state index in [9.17, 15) is 87.4 Å². The smallest absolute Gasteiger partial charge is 0.322 e. The summed E-state index contributed by atoms with van der Waals surface area (Å²) in [6.45, 7) is 0.453. The Labute approximate surface area is 663 Å². The van der Waals surface area contributed by atoms with E-state index in [-0.39, 0.29) is 141 Å². The molecule has 40 heteroatoms. The lowest BCUT2D eigenvalue weighted by Crippen LogP contribution is -2.19. The van der Waals surface area contributed by atoms with Crippen molar-refractivity contribution in [3.8, 4) is 11.5 Å². The van der Waals surface area contributed by atoms with E-state index < -0.39 is 126 Å². The molecule has 0 aromatic heterocycles. The number of nitrogens with zero attached hydrogens (tertiary/aromatic N) is 2. The van der Waals surface area contributed by atoms with Gasteiger partial charge < -0.3 is 96.6 Å². The molecule has 0 radical (unpaired) electrons. The first-order valence-corrected chi connectivity index (χ1v) is 35.3. The zero-order chi connectivity index (χ0) is 85.8. The highest BCUT2D eigenvalue weighted by atomic mass is 16.6. The van der Waals surface area contributed by atoms with Crippen LogP contribution in [0.1, 0.15) is 100 Å². The Bertz CT molecular complexity index is 3550. The maximum Gasteiger partial charge on any atom is 0.322 e. The first-order valence-electron chi connectivity index (χ1n) is 35.3. The third-order valence-electron chi connectivity index (χ3n) is 13.2. The number of aliphatic hydroxyl groups is 2. The highest BCUT2D eigenvalue weighted by molar-refractivity contribution is 5.94. The number of carboxylic acids is 3. The van der Waals surface area contributed by atoms with Crippen LogP contribution in [0.3, 0.4) is 0 Å². The third-order valence-corrected chi connectivity index (χ3v) is 13.2. The minimum absolute atomic E-state index is 0.0157. The Morgan fingerprint density at radius 1 is 0.267 bits per heavy atom. The zero-order valence-corrected chi connectivity index (χ0v) is 63.0. The molecule has 634 valence electrons. The number of unbranched alkanes of at least 4 members (excludes halogenated alkanes) is 4. The van der Waals surface area contributed by atoms with Crippen molar-refractivity contribution >= 4 is 94.9 Å². The zero-order valence-electron chi connectivity index (χ0n) is 63.0. The number of rotatable bonds is 52. The van der Waals surface area contributed by atoms with Crippen LogP contribution in [0.2, 0.25) is 0 Å². The Morgan fingerprint density at radius 3 is 0.793 bits per heavy atom. The van der Waals surface area contributed by atoms with Gasteiger partial charge in [0.05, 0.1) is 75.9 Å². The van der Waals surface area contributed by atoms with Gasteiger partial charge in [0.15, 0.2) is 0 Å². The molecule has 0 amide bonds. The largest absolute Gasteiger partial charge is 0.481 e. The minimum Gasteiger partial charge on any atom is -0.481 e. The van der Waals surface area contributed by atoms with Crippen molar-refractivity contribution in [1.82, 2.24) is 0 Å². The summed E-state index contributed by atoms with van der Waals surface area (Å²) in [4.78, 5) is 177. The third kappa shape index (κ3) is 60.0. The van der Waals surface area contributed by atoms with Gasteiger partial charge in [0.25, 0.3) is 11.4 Å². The molecule has 5 aromatic rings. The van der Waals surface area contributed by atoms with E-state index in [0.717, 1.165) is 66.6 Å². The number of carbonyl (C=O) groups is 14. The number of ether oxygens (including phenoxy) is 15. The number of hydrogen-bond donors (Lipinski definition) is 5. The van der Waals surface area contributed by atoms with Crippen LogP contribution < -0.4 is 9.47 Å². The fourth-order valence-electron chi connectivity index (χ4n) is 7.92. The van der Waals surface area contributed by atoms with Crippen LogP contribution in [0.25, 0.3) is 0 Å². The number of aliphatic hydroxyl groups excluding tert-OH is 2. The summed E-state index contributed by atoms with van der Waals surface area (Å²) in [5.74, 6) is -11.6. The molecule has 0 saturated heterocycles. The summed E-state index contributed by atoms with van der Waals surface area (Å²) in [6.07, 6.45) is 1.22. The number of non-ortho nitro benzene ring substituents is 2. The van der Waals surface area contributed by atoms with E-state index in [0.29, 0.717) is 32.7 Å². The number of carbonyl (C=O) groups excluding carboxylic acids is 11. The van der Waals surface area contributed by atoms with Crippen molar-refractivity contribution in [3.63, 3.8) is 0 Å². The first-order chi connectivity index (χ1) is 55.7. The molecule has 0 unspecified atom stereocenters. The molecule has 5 aromatic carbocycles. The molecule has 0 atom stereocenters. The van der Waals surface area contributed by atoms with E-state index in [1.165, 1.54) is 24.3 Å². The van der Waals surface area contributed by atoms with E-state index in [2.05, 4.69) is 14.2 Å². The topological polar surface area (TPSA) is 565 Å². The van der Waals surface area contributed by atoms with Crippen LogP contribution in [0.15, 0.2) is 140 Å². The second-order valence-electron chi connectivity index (χ2n) is 22.6. The second-order valence-corrected chi connectivity index (χ2v) is 22.6. The maximum atomic E-state index is 11.7. The average Bonchev–Trinajstić information content (AvgIpc) is 0.894. The van der Waals surface area contributed by atoms with Crippen LogP contribution in [-0.2, 0) is 149 Å². The predicted molar refractivity (Wildman–Crippen MR) is 392 cm³/mol. The van der Waals surface area contributed by atoms with E-state index in [4.69, 9.17) is 82.4 Å². The molecule has 5 rings (SSSR count). The molecule has 0 aliphatic carbocycles. The molecule has 0 aliphatic rings. The number of nitro benzene ring substituents is 2. The van der Waals surface area contributed by atoms with Crippen LogP contribution in [0, 0.1) is 20.2 Å². The van der Waals surface area contributed by atoms with Gasteiger partial charge in [-0.1, -0.05) is 110 Å². The van der Waals surface area contributed by atoms with Crippen LogP contribution in [-0.4, -0.2) is 225 Å². The van der Waals surface area contributed by atoms with E-state index >= 15 is 0 Å². The number of carboxylic acid groups (broad SMARTS) is 3. The van der Waals surface area contributed by atoms with Crippen LogP contribution >= 0.6 is 0 Å². The first kappa shape index (κ1) is 101. The highest BCUT2D eigenvalue weighted by Crippen LogP contribution is 2.20. The second kappa shape index (κ2) is 65.8. The highest BCUT2D eigenvalue weighted by Gasteiger charge is 2.19. The van der Waals surface area contributed by atoms with Gasteiger partial charge in [-0.2, -0.15) is 0 Å². The quantitative estimate of drug-likeness (QED) is 0.00581. The van der Waals surface area contributed by atoms with Gasteiger partial charge in [0, 0.05) is 37.1 Å². The Kier molecular flexibility index (Phi) is 57.4. The van der Waals surface area contributed by atoms with Gasteiger partial charge in [0.1, 0.15) is 109 Å². The lowest BCUT2D eigenvalue weighted by atomic mass is 10.1. The molecular formula is C76H92N2O38. The van der Waals surface area contributed by atoms with Crippen molar-refractivity contribution < 1.29 is 174 Å². The number of benzene rings is 5. The summed E-state index contributed by atoms with van der Waals surface area (Å²) in [6, 6.07) is 37.2. The summed E-state index contributed by atoms with van der Waals surface area (Å²) >= 11 is 0. The van der Waals surface area contributed by atoms with Gasteiger partial charge >= 0.3 is 83.6 Å². The molecule has 0 saturated carbocycles. The fraction of sp³-hybridized carbons (Fsp3) is 0.421. The minimum atomic E-state index is -1.28. The Morgan fingerprint density at radius 2 is 0.517 bits per heavy atom. The molecular weight excluding hydrogens is 1550 g/mol. The number of aliphatic carboxylic acids is 3. The van der Waals surface area contributed by atoms with E-state index in [1.54, 1.807) is 24.3 Å². The Balaban J connectivity index is 0.000000777. The lowest BCUT2D eigenvalue weighted by molar-refractivity contribution is -0.385. The number of esters is 11. The normalized spacial score (nSPS) is 10.1. The molecule has 116 heavy (non-hydrogen) atoms. The van der Waals surface area contributed by atoms with Crippen LogP contribution in [0.5, 0.6) is 11.5 Å². The van der Waals surface area contributed by atoms with Crippen molar-refractivity contribution in [2.45, 2.75) is 103 Å². The SMILES string of the molecule is O=C(CC(=O)OCc1ccccc1)OCCOCCOC(=O)CC(=O)OCc1ccccc1.O=C(CC(=O)Oc1ccc([N+](=O)[O-])cc1)OCCOCCOC(=O)CC(=O)Oc1ccc([N+](=O)[O-])cc1.O=C(O)CC(=O)OCCOCCOC(=O)CC(=O)O.O=C(O)CCCCCCCC(=O)OCc1ccccc1.OCCOCCO. The molecule has 0 spiro atoms. The lowest BCUT2D eigenvalue weighted by Gasteiger charge is -2.08. The molecule has 0 aliphatic heterocycles. The van der Waals surface area contributed by atoms with Gasteiger partial charge in [0.2, 0.25) is 0 Å². The van der Waals surface area contributed by atoms with Gasteiger partial charge in [-0.25, -0.2) is 0 Å². The van der Waals surface area contributed by atoms with E-state index in [1.807, 2.05) is 66.7 Å². The monoisotopic (exact) mass is 1640 g/mol. The van der Waals surface area contributed by atoms with Crippen molar-refractivity contribution in [3.05, 3.63) is 176 Å². The van der Waals surface area contributed by atoms with Gasteiger partial charge in [-0.15, -0.1) is 0 Å². The summed E-state index contributed by atoms with van der Waals surface area (Å²) < 4.78 is 73.1. The maximum absolute atomic E-state index is 11.7. The molecule has 40 nitrogen and oxygen atoms in total.